The summed E-state index contributed by atoms with van der Waals surface area (Å²) in [4.78, 5) is 22.0. The zero-order valence-corrected chi connectivity index (χ0v) is 13.6. The van der Waals surface area contributed by atoms with Crippen LogP contribution < -0.4 is 5.43 Å². The molecule has 0 aromatic heterocycles. The first-order chi connectivity index (χ1) is 10.9. The van der Waals surface area contributed by atoms with E-state index in [1.807, 2.05) is 22.6 Å². The van der Waals surface area contributed by atoms with E-state index in [9.17, 15) is 25.1 Å². The van der Waals surface area contributed by atoms with Crippen molar-refractivity contribution in [3.8, 4) is 11.5 Å². The number of halogens is 1. The molecular formula is C14H10IN3O5. The van der Waals surface area contributed by atoms with Crippen molar-refractivity contribution in [2.24, 2.45) is 5.10 Å². The second-order valence-electron chi connectivity index (χ2n) is 4.36. The third-order valence-corrected chi connectivity index (χ3v) is 3.47. The zero-order valence-electron chi connectivity index (χ0n) is 11.4. The number of nitrogens with one attached hydrogen (secondary N) is 1. The molecule has 2 aromatic rings. The lowest BCUT2D eigenvalue weighted by Crippen LogP contribution is -2.17. The third kappa shape index (κ3) is 4.16. The average molecular weight is 427 g/mol. The summed E-state index contributed by atoms with van der Waals surface area (Å²) >= 11 is 1.99. The highest BCUT2D eigenvalue weighted by atomic mass is 127. The van der Waals surface area contributed by atoms with Gasteiger partial charge in [-0.2, -0.15) is 5.10 Å². The van der Waals surface area contributed by atoms with Crippen molar-refractivity contribution in [1.82, 2.24) is 5.43 Å². The molecule has 23 heavy (non-hydrogen) atoms. The minimum absolute atomic E-state index is 0.0392. The fourth-order valence-corrected chi connectivity index (χ4v) is 2.16. The van der Waals surface area contributed by atoms with Crippen LogP contribution in [0, 0.1) is 13.7 Å². The minimum atomic E-state index is -0.651. The molecule has 0 saturated heterocycles. The molecule has 3 N–H and O–H groups in total. The van der Waals surface area contributed by atoms with E-state index < -0.39 is 10.8 Å². The number of non-ortho nitro benzene ring substituents is 1. The highest BCUT2D eigenvalue weighted by molar-refractivity contribution is 14.1. The Labute approximate surface area is 143 Å². The number of nitro benzene ring substituents is 1. The van der Waals surface area contributed by atoms with Crippen LogP contribution in [0.15, 0.2) is 41.5 Å². The van der Waals surface area contributed by atoms with E-state index in [4.69, 9.17) is 0 Å². The average Bonchev–Trinajstić information content (AvgIpc) is 2.51. The predicted molar refractivity (Wildman–Crippen MR) is 90.6 cm³/mol. The van der Waals surface area contributed by atoms with Crippen LogP contribution in [-0.4, -0.2) is 27.3 Å². The van der Waals surface area contributed by atoms with Crippen molar-refractivity contribution in [2.45, 2.75) is 0 Å². The number of hydrazone groups is 1. The fraction of sp³-hybridized carbons (Fsp3) is 0. The van der Waals surface area contributed by atoms with Crippen LogP contribution in [0.5, 0.6) is 11.5 Å². The molecule has 8 nitrogen and oxygen atoms in total. The summed E-state index contributed by atoms with van der Waals surface area (Å²) in [6.45, 7) is 0. The molecule has 2 rings (SSSR count). The summed E-state index contributed by atoms with van der Waals surface area (Å²) in [5.74, 6) is -1.07. The highest BCUT2D eigenvalue weighted by Gasteiger charge is 2.11. The molecule has 0 bridgehead atoms. The number of carbonyl (C=O) groups excluding carboxylic acids is 1. The maximum atomic E-state index is 11.9. The summed E-state index contributed by atoms with van der Waals surface area (Å²) in [7, 11) is 0. The number of phenolic OH excluding ortho intramolecular Hbond substituents is 2. The van der Waals surface area contributed by atoms with Gasteiger partial charge in [0.1, 0.15) is 11.5 Å². The van der Waals surface area contributed by atoms with E-state index in [1.54, 1.807) is 6.07 Å². The number of aromatic hydroxyl groups is 2. The lowest BCUT2D eigenvalue weighted by Gasteiger charge is -2.03. The van der Waals surface area contributed by atoms with E-state index in [-0.39, 0.29) is 28.3 Å². The van der Waals surface area contributed by atoms with Gasteiger partial charge in [-0.25, -0.2) is 5.43 Å². The van der Waals surface area contributed by atoms with Gasteiger partial charge in [-0.05, 0) is 46.9 Å². The van der Waals surface area contributed by atoms with Crippen LogP contribution in [-0.2, 0) is 0 Å². The molecule has 0 radical (unpaired) electrons. The fourth-order valence-electron chi connectivity index (χ4n) is 1.67. The normalized spacial score (nSPS) is 10.7. The van der Waals surface area contributed by atoms with E-state index >= 15 is 0 Å². The Bertz CT molecular complexity index is 807. The van der Waals surface area contributed by atoms with Gasteiger partial charge in [0.15, 0.2) is 0 Å². The Morgan fingerprint density at radius 3 is 2.61 bits per heavy atom. The molecule has 9 heteroatoms. The van der Waals surface area contributed by atoms with Crippen LogP contribution in [0.4, 0.5) is 5.69 Å². The van der Waals surface area contributed by atoms with E-state index in [1.165, 1.54) is 12.1 Å². The zero-order chi connectivity index (χ0) is 17.0. The summed E-state index contributed by atoms with van der Waals surface area (Å²) < 4.78 is 0.755. The SMILES string of the molecule is O=C(N/N=C\c1cc([N+](=O)[O-])ccc1O)c1cc(I)ccc1O. The second kappa shape index (κ2) is 7.05. The van der Waals surface area contributed by atoms with E-state index in [0.29, 0.717) is 0 Å². The number of hydrogen-bond acceptors (Lipinski definition) is 6. The maximum Gasteiger partial charge on any atom is 0.275 e. The molecule has 0 aliphatic carbocycles. The Morgan fingerprint density at radius 2 is 1.91 bits per heavy atom. The molecule has 0 spiro atoms. The van der Waals surface area contributed by atoms with Gasteiger partial charge in [0.25, 0.3) is 11.6 Å². The molecule has 0 saturated carbocycles. The van der Waals surface area contributed by atoms with Gasteiger partial charge < -0.3 is 10.2 Å². The first-order valence-electron chi connectivity index (χ1n) is 6.18. The Balaban J connectivity index is 2.15. The smallest absolute Gasteiger partial charge is 0.275 e. The first kappa shape index (κ1) is 16.7. The maximum absolute atomic E-state index is 11.9. The molecule has 118 valence electrons. The quantitative estimate of drug-likeness (QED) is 0.299. The summed E-state index contributed by atoms with van der Waals surface area (Å²) in [5, 5.41) is 33.6. The minimum Gasteiger partial charge on any atom is -0.507 e. The van der Waals surface area contributed by atoms with Gasteiger partial charge in [0, 0.05) is 21.3 Å². The van der Waals surface area contributed by atoms with Crippen molar-refractivity contribution in [3.63, 3.8) is 0 Å². The number of nitro groups is 1. The first-order valence-corrected chi connectivity index (χ1v) is 7.25. The molecule has 0 fully saturated rings. The van der Waals surface area contributed by atoms with Gasteiger partial charge in [-0.3, -0.25) is 14.9 Å². The van der Waals surface area contributed by atoms with Gasteiger partial charge in [0.05, 0.1) is 16.7 Å². The van der Waals surface area contributed by atoms with E-state index in [0.717, 1.165) is 28.0 Å². The molecule has 0 heterocycles. The Hall–Kier alpha value is -2.69. The largest absolute Gasteiger partial charge is 0.507 e. The molecule has 0 atom stereocenters. The molecular weight excluding hydrogens is 417 g/mol. The van der Waals surface area contributed by atoms with Crippen LogP contribution in [0.25, 0.3) is 0 Å². The second-order valence-corrected chi connectivity index (χ2v) is 5.61. The summed E-state index contributed by atoms with van der Waals surface area (Å²) in [6.07, 6.45) is 1.07. The number of phenols is 2. The van der Waals surface area contributed by atoms with Crippen LogP contribution in [0.2, 0.25) is 0 Å². The van der Waals surface area contributed by atoms with Crippen molar-refractivity contribution in [1.29, 1.82) is 0 Å². The number of nitrogens with zero attached hydrogens (tertiary/aromatic N) is 2. The Morgan fingerprint density at radius 1 is 1.22 bits per heavy atom. The monoisotopic (exact) mass is 427 g/mol. The molecule has 0 aliphatic rings. The molecule has 2 aromatic carbocycles. The topological polar surface area (TPSA) is 125 Å². The van der Waals surface area contributed by atoms with Gasteiger partial charge in [0.2, 0.25) is 0 Å². The molecule has 1 amide bonds. The highest BCUT2D eigenvalue weighted by Crippen LogP contribution is 2.21. The lowest BCUT2D eigenvalue weighted by molar-refractivity contribution is -0.384. The number of hydrogen-bond donors (Lipinski definition) is 3. The van der Waals surface area contributed by atoms with Crippen molar-refractivity contribution < 1.29 is 19.9 Å². The standard InChI is InChI=1S/C14H10IN3O5/c15-9-1-3-13(20)11(6-9)14(21)17-16-7-8-5-10(18(22)23)2-4-12(8)19/h1-7,19-20H,(H,17,21)/b16-7-. The number of rotatable bonds is 4. The summed E-state index contributed by atoms with van der Waals surface area (Å²) in [6, 6.07) is 7.92. The van der Waals surface area contributed by atoms with Gasteiger partial charge >= 0.3 is 0 Å². The summed E-state index contributed by atoms with van der Waals surface area (Å²) in [5.41, 5.74) is 2.08. The number of carbonyl (C=O) groups is 1. The van der Waals surface area contributed by atoms with E-state index in [2.05, 4.69) is 10.5 Å². The third-order valence-electron chi connectivity index (χ3n) is 2.79. The van der Waals surface area contributed by atoms with Gasteiger partial charge in [-0.1, -0.05) is 0 Å². The van der Waals surface area contributed by atoms with Gasteiger partial charge in [-0.15, -0.1) is 0 Å². The van der Waals surface area contributed by atoms with Crippen LogP contribution in [0.1, 0.15) is 15.9 Å². The van der Waals surface area contributed by atoms with Crippen molar-refractivity contribution in [3.05, 3.63) is 61.2 Å². The Kier molecular flexibility index (Phi) is 5.11. The van der Waals surface area contributed by atoms with Crippen molar-refractivity contribution in [2.75, 3.05) is 0 Å². The van der Waals surface area contributed by atoms with Crippen LogP contribution >= 0.6 is 22.6 Å². The molecule has 0 unspecified atom stereocenters. The number of benzene rings is 2. The molecule has 0 aliphatic heterocycles. The predicted octanol–water partition coefficient (Wildman–Crippen LogP) is 2.37. The van der Waals surface area contributed by atoms with Crippen LogP contribution in [0.3, 0.4) is 0 Å². The number of amides is 1. The lowest BCUT2D eigenvalue weighted by atomic mass is 10.2. The van der Waals surface area contributed by atoms with Crippen molar-refractivity contribution >= 4 is 40.4 Å².